The van der Waals surface area contributed by atoms with Gasteiger partial charge in [-0.3, -0.25) is 0 Å². The summed E-state index contributed by atoms with van der Waals surface area (Å²) in [7, 11) is 0. The fraction of sp³-hybridized carbons (Fsp3) is 0.389. The van der Waals surface area contributed by atoms with Gasteiger partial charge in [0.05, 0.1) is 11.1 Å². The normalized spacial score (nSPS) is 20.9. The van der Waals surface area contributed by atoms with E-state index < -0.39 is 11.9 Å². The first-order valence-corrected chi connectivity index (χ1v) is 9.18. The molecular weight excluding hydrogens is 347 g/mol. The van der Waals surface area contributed by atoms with E-state index in [1.54, 1.807) is 11.8 Å². The number of aromatic nitrogens is 2. The summed E-state index contributed by atoms with van der Waals surface area (Å²) in [5.74, 6) is 0.184. The van der Waals surface area contributed by atoms with Crippen molar-refractivity contribution in [3.05, 3.63) is 52.8 Å². The Balaban J connectivity index is 1.69. The van der Waals surface area contributed by atoms with Gasteiger partial charge in [0.2, 0.25) is 0 Å². The minimum atomic E-state index is -4.42. The molecule has 1 aliphatic heterocycles. The summed E-state index contributed by atoms with van der Waals surface area (Å²) in [5, 5.41) is 6.26. The molecular formula is C18H18F3N3S. The Hall–Kier alpha value is -1.89. The second kappa shape index (κ2) is 5.83. The highest BCUT2D eigenvalue weighted by Crippen LogP contribution is 2.43. The Morgan fingerprint density at radius 3 is 2.28 bits per heavy atom. The van der Waals surface area contributed by atoms with Gasteiger partial charge in [-0.25, -0.2) is 4.68 Å². The predicted molar refractivity (Wildman–Crippen MR) is 93.8 cm³/mol. The molecule has 1 aromatic carbocycles. The van der Waals surface area contributed by atoms with E-state index >= 15 is 0 Å². The van der Waals surface area contributed by atoms with Gasteiger partial charge < -0.3 is 4.90 Å². The summed E-state index contributed by atoms with van der Waals surface area (Å²) in [6.07, 6.45) is -2.57. The van der Waals surface area contributed by atoms with Crippen LogP contribution in [0.2, 0.25) is 0 Å². The van der Waals surface area contributed by atoms with Crippen LogP contribution in [-0.4, -0.2) is 15.2 Å². The van der Waals surface area contributed by atoms with E-state index in [0.717, 1.165) is 18.5 Å². The van der Waals surface area contributed by atoms with E-state index in [1.807, 2.05) is 24.3 Å². The zero-order valence-electron chi connectivity index (χ0n) is 13.9. The summed E-state index contributed by atoms with van der Waals surface area (Å²) >= 11 is 1.75. The van der Waals surface area contributed by atoms with Crippen LogP contribution in [0.25, 0.3) is 5.69 Å². The van der Waals surface area contributed by atoms with E-state index in [0.29, 0.717) is 16.8 Å². The molecule has 7 heteroatoms. The largest absolute Gasteiger partial charge is 0.435 e. The van der Waals surface area contributed by atoms with Crippen molar-refractivity contribution in [3.63, 3.8) is 0 Å². The molecule has 1 saturated carbocycles. The highest BCUT2D eigenvalue weighted by atomic mass is 32.2. The number of halogens is 3. The SMILES string of the molecule is CC1=CSC(C)N1c1ccc(-n2nc(C(F)(F)F)cc2C2CC2)cc1. The van der Waals surface area contributed by atoms with Gasteiger partial charge in [-0.05, 0) is 62.4 Å². The summed E-state index contributed by atoms with van der Waals surface area (Å²) in [5.41, 5.74) is 2.71. The van der Waals surface area contributed by atoms with Crippen LogP contribution in [0.15, 0.2) is 41.4 Å². The van der Waals surface area contributed by atoms with Crippen LogP contribution in [0.5, 0.6) is 0 Å². The molecule has 2 aliphatic rings. The first-order chi connectivity index (χ1) is 11.8. The van der Waals surface area contributed by atoms with Gasteiger partial charge >= 0.3 is 6.18 Å². The highest BCUT2D eigenvalue weighted by molar-refractivity contribution is 8.03. The third kappa shape index (κ3) is 3.05. The maximum atomic E-state index is 13.0. The summed E-state index contributed by atoms with van der Waals surface area (Å²) in [6, 6.07) is 8.77. The smallest absolute Gasteiger partial charge is 0.332 e. The number of rotatable bonds is 3. The third-order valence-corrected chi connectivity index (χ3v) is 5.66. The molecule has 0 bridgehead atoms. The molecule has 25 heavy (non-hydrogen) atoms. The van der Waals surface area contributed by atoms with Gasteiger partial charge in [-0.2, -0.15) is 18.3 Å². The number of hydrogen-bond donors (Lipinski definition) is 0. The molecule has 1 atom stereocenters. The van der Waals surface area contributed by atoms with Crippen LogP contribution < -0.4 is 4.90 Å². The molecule has 132 valence electrons. The van der Waals surface area contributed by atoms with Crippen molar-refractivity contribution < 1.29 is 13.2 Å². The molecule has 0 N–H and O–H groups in total. The predicted octanol–water partition coefficient (Wildman–Crippen LogP) is 5.53. The van der Waals surface area contributed by atoms with Gasteiger partial charge in [0.15, 0.2) is 5.69 Å². The van der Waals surface area contributed by atoms with E-state index in [2.05, 4.69) is 29.3 Å². The van der Waals surface area contributed by atoms with Crippen molar-refractivity contribution in [2.45, 2.75) is 44.2 Å². The maximum Gasteiger partial charge on any atom is 0.435 e. The number of alkyl halides is 3. The molecule has 1 unspecified atom stereocenters. The Kier molecular flexibility index (Phi) is 3.86. The van der Waals surface area contributed by atoms with Gasteiger partial charge in [0, 0.05) is 23.0 Å². The van der Waals surface area contributed by atoms with Gasteiger partial charge in [-0.1, -0.05) is 0 Å². The quantitative estimate of drug-likeness (QED) is 0.714. The lowest BCUT2D eigenvalue weighted by Gasteiger charge is -2.25. The molecule has 4 rings (SSSR count). The van der Waals surface area contributed by atoms with Crippen LogP contribution in [0.4, 0.5) is 18.9 Å². The molecule has 2 aromatic rings. The molecule has 1 aliphatic carbocycles. The molecule has 1 aromatic heterocycles. The average Bonchev–Trinajstić information content (AvgIpc) is 3.21. The monoisotopic (exact) mass is 365 g/mol. The standard InChI is InChI=1S/C18H18F3N3S/c1-11-10-25-12(2)23(11)14-5-7-15(8-6-14)24-16(13-3-4-13)9-17(22-24)18(19,20)21/h5-10,12-13H,3-4H2,1-2H3. The second-order valence-corrected chi connectivity index (χ2v) is 7.71. The first kappa shape index (κ1) is 16.6. The fourth-order valence-corrected chi connectivity index (χ4v) is 4.10. The van der Waals surface area contributed by atoms with Gasteiger partial charge in [0.25, 0.3) is 0 Å². The zero-order chi connectivity index (χ0) is 17.8. The lowest BCUT2D eigenvalue weighted by molar-refractivity contribution is -0.141. The maximum absolute atomic E-state index is 13.0. The number of benzene rings is 1. The summed E-state index contributed by atoms with van der Waals surface area (Å²) in [4.78, 5) is 2.21. The number of allylic oxidation sites excluding steroid dienone is 1. The Morgan fingerprint density at radius 1 is 1.12 bits per heavy atom. The Labute approximate surface area is 148 Å². The number of nitrogens with zero attached hydrogens (tertiary/aromatic N) is 3. The lowest BCUT2D eigenvalue weighted by Crippen LogP contribution is -2.24. The number of hydrogen-bond acceptors (Lipinski definition) is 3. The molecule has 2 heterocycles. The molecule has 0 saturated heterocycles. The van der Waals surface area contributed by atoms with Crippen LogP contribution in [0, 0.1) is 0 Å². The Morgan fingerprint density at radius 2 is 1.76 bits per heavy atom. The zero-order valence-corrected chi connectivity index (χ0v) is 14.7. The van der Waals surface area contributed by atoms with Crippen molar-refractivity contribution in [1.29, 1.82) is 0 Å². The minimum absolute atomic E-state index is 0.184. The second-order valence-electron chi connectivity index (χ2n) is 6.52. The molecule has 0 amide bonds. The summed E-state index contributed by atoms with van der Waals surface area (Å²) < 4.78 is 40.6. The molecule has 3 nitrogen and oxygen atoms in total. The highest BCUT2D eigenvalue weighted by Gasteiger charge is 2.38. The Bertz CT molecular complexity index is 819. The molecule has 1 fully saturated rings. The number of anilines is 1. The average molecular weight is 365 g/mol. The molecule has 0 radical (unpaired) electrons. The number of thioether (sulfide) groups is 1. The van der Waals surface area contributed by atoms with Gasteiger partial charge in [-0.15, -0.1) is 11.8 Å². The topological polar surface area (TPSA) is 21.1 Å². The molecule has 0 spiro atoms. The van der Waals surface area contributed by atoms with Crippen LogP contribution in [0.3, 0.4) is 0 Å². The van der Waals surface area contributed by atoms with E-state index in [1.165, 1.54) is 16.4 Å². The van der Waals surface area contributed by atoms with Crippen molar-refractivity contribution in [3.8, 4) is 5.69 Å². The van der Waals surface area contributed by atoms with Crippen molar-refractivity contribution >= 4 is 17.4 Å². The minimum Gasteiger partial charge on any atom is -0.332 e. The fourth-order valence-electron chi connectivity index (χ4n) is 3.18. The van der Waals surface area contributed by atoms with Crippen LogP contribution in [-0.2, 0) is 6.18 Å². The lowest BCUT2D eigenvalue weighted by atomic mass is 10.2. The van der Waals surface area contributed by atoms with Crippen LogP contribution in [0.1, 0.15) is 44.0 Å². The van der Waals surface area contributed by atoms with E-state index in [4.69, 9.17) is 0 Å². The first-order valence-electron chi connectivity index (χ1n) is 8.23. The van der Waals surface area contributed by atoms with E-state index in [-0.39, 0.29) is 5.92 Å². The van der Waals surface area contributed by atoms with Gasteiger partial charge in [0.1, 0.15) is 0 Å². The van der Waals surface area contributed by atoms with Crippen molar-refractivity contribution in [2.24, 2.45) is 0 Å². The van der Waals surface area contributed by atoms with Crippen molar-refractivity contribution in [2.75, 3.05) is 4.90 Å². The van der Waals surface area contributed by atoms with Crippen LogP contribution >= 0.6 is 11.8 Å². The van der Waals surface area contributed by atoms with Crippen molar-refractivity contribution in [1.82, 2.24) is 9.78 Å². The van der Waals surface area contributed by atoms with E-state index in [9.17, 15) is 13.2 Å². The third-order valence-electron chi connectivity index (χ3n) is 4.57. The summed E-state index contributed by atoms with van der Waals surface area (Å²) in [6.45, 7) is 4.18.